The number of methoxy groups -OCH3 is 1. The molecular formula is C22H21N3O7. The van der Waals surface area contributed by atoms with Crippen molar-refractivity contribution in [2.45, 2.75) is 13.8 Å². The van der Waals surface area contributed by atoms with Gasteiger partial charge in [-0.2, -0.15) is 5.26 Å². The van der Waals surface area contributed by atoms with Crippen LogP contribution in [0.5, 0.6) is 11.5 Å². The summed E-state index contributed by atoms with van der Waals surface area (Å²) in [7, 11) is 1.40. The van der Waals surface area contributed by atoms with Gasteiger partial charge in [0.15, 0.2) is 18.1 Å². The van der Waals surface area contributed by atoms with Crippen molar-refractivity contribution in [3.63, 3.8) is 0 Å². The standard InChI is InChI=1S/C22H21N3O7/c1-4-31-22(27)16(12-23)9-15-6-8-19(20(10-15)30-3)32-13-21(26)24-18-11-17(25(28)29)7-5-14(18)2/h5-11H,4,13H2,1-3H3,(H,24,26)/b16-9+. The molecule has 0 saturated carbocycles. The molecule has 0 radical (unpaired) electrons. The Morgan fingerprint density at radius 2 is 1.97 bits per heavy atom. The summed E-state index contributed by atoms with van der Waals surface area (Å²) in [5.74, 6) is -0.722. The van der Waals surface area contributed by atoms with Gasteiger partial charge >= 0.3 is 5.97 Å². The van der Waals surface area contributed by atoms with Gasteiger partial charge in [-0.3, -0.25) is 14.9 Å². The lowest BCUT2D eigenvalue weighted by molar-refractivity contribution is -0.384. The first-order chi connectivity index (χ1) is 15.3. The summed E-state index contributed by atoms with van der Waals surface area (Å²) >= 11 is 0. The van der Waals surface area contributed by atoms with Crippen LogP contribution in [0.2, 0.25) is 0 Å². The molecule has 10 heteroatoms. The van der Waals surface area contributed by atoms with Gasteiger partial charge in [-0.15, -0.1) is 0 Å². The second-order valence-corrected chi connectivity index (χ2v) is 6.39. The monoisotopic (exact) mass is 439 g/mol. The zero-order chi connectivity index (χ0) is 23.7. The number of benzene rings is 2. The van der Waals surface area contributed by atoms with E-state index in [1.165, 1.54) is 43.5 Å². The van der Waals surface area contributed by atoms with Gasteiger partial charge in [0.05, 0.1) is 24.3 Å². The number of nitro benzene ring substituents is 1. The Balaban J connectivity index is 2.11. The molecular weight excluding hydrogens is 418 g/mol. The van der Waals surface area contributed by atoms with Crippen molar-refractivity contribution in [1.29, 1.82) is 5.26 Å². The van der Waals surface area contributed by atoms with Gasteiger partial charge in [-0.1, -0.05) is 12.1 Å². The molecule has 0 aliphatic carbocycles. The van der Waals surface area contributed by atoms with Crippen LogP contribution in [-0.4, -0.2) is 37.1 Å². The number of anilines is 1. The Kier molecular flexibility index (Phi) is 8.30. The highest BCUT2D eigenvalue weighted by atomic mass is 16.6. The topological polar surface area (TPSA) is 141 Å². The highest BCUT2D eigenvalue weighted by Gasteiger charge is 2.14. The normalized spacial score (nSPS) is 10.6. The molecule has 0 heterocycles. The number of non-ortho nitro benzene ring substituents is 1. The quantitative estimate of drug-likeness (QED) is 0.206. The third-order valence-electron chi connectivity index (χ3n) is 4.18. The second kappa shape index (κ2) is 11.1. The number of nitriles is 1. The van der Waals surface area contributed by atoms with Crippen molar-refractivity contribution in [3.05, 3.63) is 63.2 Å². The number of hydrogen-bond acceptors (Lipinski definition) is 8. The third kappa shape index (κ3) is 6.30. The van der Waals surface area contributed by atoms with Crippen LogP contribution < -0.4 is 14.8 Å². The van der Waals surface area contributed by atoms with Crippen molar-refractivity contribution in [2.24, 2.45) is 0 Å². The van der Waals surface area contributed by atoms with Crippen molar-refractivity contribution in [1.82, 2.24) is 0 Å². The van der Waals surface area contributed by atoms with Gasteiger partial charge in [0, 0.05) is 12.1 Å². The van der Waals surface area contributed by atoms with Gasteiger partial charge in [0.2, 0.25) is 0 Å². The molecule has 0 aromatic heterocycles. The third-order valence-corrected chi connectivity index (χ3v) is 4.18. The summed E-state index contributed by atoms with van der Waals surface area (Å²) < 4.78 is 15.6. The number of nitrogens with one attached hydrogen (secondary N) is 1. The minimum Gasteiger partial charge on any atom is -0.493 e. The number of carbonyl (C=O) groups is 2. The minimum absolute atomic E-state index is 0.142. The van der Waals surface area contributed by atoms with Crippen molar-refractivity contribution in [3.8, 4) is 17.6 Å². The molecule has 166 valence electrons. The summed E-state index contributed by atoms with van der Waals surface area (Å²) in [6.07, 6.45) is 1.35. The van der Waals surface area contributed by atoms with E-state index in [4.69, 9.17) is 19.5 Å². The van der Waals surface area contributed by atoms with Crippen LogP contribution in [-0.2, 0) is 14.3 Å². The van der Waals surface area contributed by atoms with Gasteiger partial charge in [0.1, 0.15) is 11.6 Å². The van der Waals surface area contributed by atoms with Crippen LogP contribution in [0.4, 0.5) is 11.4 Å². The fourth-order valence-corrected chi connectivity index (χ4v) is 2.59. The van der Waals surface area contributed by atoms with Crippen LogP contribution in [0.3, 0.4) is 0 Å². The number of rotatable bonds is 9. The second-order valence-electron chi connectivity index (χ2n) is 6.39. The van der Waals surface area contributed by atoms with Crippen LogP contribution in [0.15, 0.2) is 42.0 Å². The van der Waals surface area contributed by atoms with Crippen LogP contribution in [0.25, 0.3) is 6.08 Å². The number of ether oxygens (including phenoxy) is 3. The fraction of sp³-hybridized carbons (Fsp3) is 0.227. The largest absolute Gasteiger partial charge is 0.493 e. The SMILES string of the molecule is CCOC(=O)/C(C#N)=C/c1ccc(OCC(=O)Nc2cc([N+](=O)[O-])ccc2C)c(OC)c1. The molecule has 0 spiro atoms. The molecule has 10 nitrogen and oxygen atoms in total. The summed E-state index contributed by atoms with van der Waals surface area (Å²) in [5.41, 5.74) is 1.15. The number of esters is 1. The number of nitro groups is 1. The van der Waals surface area contributed by atoms with E-state index in [1.54, 1.807) is 26.0 Å². The number of hydrogen-bond donors (Lipinski definition) is 1. The average molecular weight is 439 g/mol. The van der Waals surface area contributed by atoms with E-state index >= 15 is 0 Å². The minimum atomic E-state index is -0.734. The fourth-order valence-electron chi connectivity index (χ4n) is 2.59. The predicted molar refractivity (Wildman–Crippen MR) is 115 cm³/mol. The lowest BCUT2D eigenvalue weighted by Gasteiger charge is -2.12. The first-order valence-electron chi connectivity index (χ1n) is 9.43. The lowest BCUT2D eigenvalue weighted by atomic mass is 10.1. The van der Waals surface area contributed by atoms with E-state index < -0.39 is 16.8 Å². The first kappa shape index (κ1) is 23.9. The predicted octanol–water partition coefficient (Wildman–Crippen LogP) is 3.40. The molecule has 2 aromatic rings. The molecule has 32 heavy (non-hydrogen) atoms. The maximum Gasteiger partial charge on any atom is 0.348 e. The molecule has 0 unspecified atom stereocenters. The Hall–Kier alpha value is -4.39. The Morgan fingerprint density at radius 3 is 2.59 bits per heavy atom. The summed E-state index contributed by atoms with van der Waals surface area (Å²) in [6, 6.07) is 10.6. The van der Waals surface area contributed by atoms with Gasteiger partial charge in [-0.05, 0) is 43.2 Å². The first-order valence-corrected chi connectivity index (χ1v) is 9.43. The highest BCUT2D eigenvalue weighted by molar-refractivity contribution is 5.98. The van der Waals surface area contributed by atoms with E-state index in [2.05, 4.69) is 5.32 Å². The molecule has 0 aliphatic rings. The number of aryl methyl sites for hydroxylation is 1. The maximum absolute atomic E-state index is 12.3. The van der Waals surface area contributed by atoms with Gasteiger partial charge in [0.25, 0.3) is 11.6 Å². The van der Waals surface area contributed by atoms with E-state index in [1.807, 2.05) is 0 Å². The summed E-state index contributed by atoms with van der Waals surface area (Å²) in [5, 5.41) is 22.6. The van der Waals surface area contributed by atoms with Gasteiger partial charge in [-0.25, -0.2) is 4.79 Å². The highest BCUT2D eigenvalue weighted by Crippen LogP contribution is 2.29. The van der Waals surface area contributed by atoms with E-state index in [0.717, 1.165) is 0 Å². The van der Waals surface area contributed by atoms with Crippen LogP contribution in [0.1, 0.15) is 18.1 Å². The molecule has 2 rings (SSSR count). The Morgan fingerprint density at radius 1 is 1.22 bits per heavy atom. The Labute approximate surface area is 184 Å². The smallest absolute Gasteiger partial charge is 0.348 e. The average Bonchev–Trinajstić information content (AvgIpc) is 2.77. The molecule has 1 amide bonds. The van der Waals surface area contributed by atoms with Gasteiger partial charge < -0.3 is 19.5 Å². The van der Waals surface area contributed by atoms with Crippen molar-refractivity contribution < 1.29 is 28.7 Å². The number of nitrogens with zero attached hydrogens (tertiary/aromatic N) is 2. The van der Waals surface area contributed by atoms with E-state index in [9.17, 15) is 19.7 Å². The number of carbonyl (C=O) groups excluding carboxylic acids is 2. The summed E-state index contributed by atoms with van der Waals surface area (Å²) in [4.78, 5) is 34.4. The van der Waals surface area contributed by atoms with Crippen molar-refractivity contribution in [2.75, 3.05) is 25.6 Å². The van der Waals surface area contributed by atoms with E-state index in [-0.39, 0.29) is 36.0 Å². The summed E-state index contributed by atoms with van der Waals surface area (Å²) in [6.45, 7) is 3.12. The molecule has 0 atom stereocenters. The maximum atomic E-state index is 12.3. The molecule has 0 bridgehead atoms. The van der Waals surface area contributed by atoms with Crippen molar-refractivity contribution >= 4 is 29.3 Å². The van der Waals surface area contributed by atoms with E-state index in [0.29, 0.717) is 16.8 Å². The molecule has 1 N–H and O–H groups in total. The molecule has 0 saturated heterocycles. The van der Waals surface area contributed by atoms with Crippen LogP contribution in [0, 0.1) is 28.4 Å². The zero-order valence-electron chi connectivity index (χ0n) is 17.7. The Bertz CT molecular complexity index is 1100. The number of amides is 1. The molecule has 0 aliphatic heterocycles. The van der Waals surface area contributed by atoms with Crippen LogP contribution >= 0.6 is 0 Å². The lowest BCUT2D eigenvalue weighted by Crippen LogP contribution is -2.21. The zero-order valence-corrected chi connectivity index (χ0v) is 17.7. The molecule has 2 aromatic carbocycles. The molecule has 0 fully saturated rings.